The molecule has 1 aromatic carbocycles. The Morgan fingerprint density at radius 2 is 0.955 bits per heavy atom. The molecule has 1 aromatic rings. The fourth-order valence-electron chi connectivity index (χ4n) is 1.41. The van der Waals surface area contributed by atoms with Gasteiger partial charge in [-0.1, -0.05) is 0 Å². The van der Waals surface area contributed by atoms with E-state index in [0.717, 1.165) is 0 Å². The largest absolute Gasteiger partial charge is 0.357 e. The summed E-state index contributed by atoms with van der Waals surface area (Å²) in [4.78, 5) is 32.7. The first-order valence-corrected chi connectivity index (χ1v) is 10.8. The van der Waals surface area contributed by atoms with Gasteiger partial charge in [0.15, 0.2) is 0 Å². The molecule has 1 rings (SSSR count). The number of hydrogen-bond acceptors (Lipinski definition) is 6. The molecule has 0 radical (unpaired) electrons. The summed E-state index contributed by atoms with van der Waals surface area (Å²) in [5.74, 6) is 0. The fraction of sp³-hybridized carbons (Fsp3) is 0. The zero-order valence-electron chi connectivity index (χ0n) is 10.00. The lowest BCUT2D eigenvalue weighted by atomic mass is 10.3. The summed E-state index contributed by atoms with van der Waals surface area (Å²) in [5.41, 5.74) is 0. The molecule has 0 amide bonds. The van der Waals surface area contributed by atoms with Crippen LogP contribution in [-0.2, 0) is 29.4 Å². The van der Waals surface area contributed by atoms with Gasteiger partial charge in [0.1, 0.15) is 9.79 Å². The molecule has 0 bridgehead atoms. The first-order chi connectivity index (χ1) is 9.45. The topological polar surface area (TPSA) is 224 Å². The lowest BCUT2D eigenvalue weighted by molar-refractivity contribution is 0.385. The summed E-state index contributed by atoms with van der Waals surface area (Å²) in [5, 5.41) is -3.08. The van der Waals surface area contributed by atoms with Crippen LogP contribution in [0, 0.1) is 0 Å². The molecule has 0 aliphatic carbocycles. The van der Waals surface area contributed by atoms with Crippen molar-refractivity contribution in [3.63, 3.8) is 0 Å². The van der Waals surface area contributed by atoms with Gasteiger partial charge in [-0.25, -0.2) is 0 Å². The van der Waals surface area contributed by atoms with Gasteiger partial charge in [0, 0.05) is 0 Å². The molecule has 0 spiro atoms. The van der Waals surface area contributed by atoms with Crippen LogP contribution in [0.2, 0.25) is 0 Å². The summed E-state index contributed by atoms with van der Waals surface area (Å²) in [7, 11) is -21.7. The summed E-state index contributed by atoms with van der Waals surface area (Å²) < 4.78 is 84.5. The first-order valence-electron chi connectivity index (χ1n) is 4.71. The smallest absolute Gasteiger partial charge is 0.321 e. The Balaban J connectivity index is 4.17. The molecule has 126 valence electrons. The van der Waals surface area contributed by atoms with E-state index in [4.69, 9.17) is 28.7 Å². The van der Waals surface area contributed by atoms with Crippen molar-refractivity contribution in [1.82, 2.24) is 0 Å². The minimum absolute atomic E-state index is 0.103. The maximum atomic E-state index is 11.2. The average molecular weight is 398 g/mol. The van der Waals surface area contributed by atoms with E-state index in [1.54, 1.807) is 0 Å². The van der Waals surface area contributed by atoms with Gasteiger partial charge in [-0.3, -0.25) is 18.2 Å². The highest BCUT2D eigenvalue weighted by Gasteiger charge is 2.36. The molecule has 0 aromatic heterocycles. The lowest BCUT2D eigenvalue weighted by Crippen LogP contribution is -2.25. The third-order valence-corrected chi connectivity index (χ3v) is 6.31. The normalized spacial score (nSPS) is 14.1. The maximum absolute atomic E-state index is 11.2. The van der Waals surface area contributed by atoms with Gasteiger partial charge in [0.2, 0.25) is 0 Å². The Hall–Kier alpha value is -0.660. The first kappa shape index (κ1) is 19.4. The van der Waals surface area contributed by atoms with Crippen LogP contribution in [0.5, 0.6) is 0 Å². The zero-order valence-corrected chi connectivity index (χ0v) is 13.4. The number of benzene rings is 1. The standard InChI is InChI=1S/C6H8O12P2S2/c7-19(8,9)3-1-4(20(10,11)12)6(22(16,17)18)2-5(3)21(13,14)15/h1-2H,(H2,7,8,9)(H2,10,11,12)(H,13,14,15)(H,16,17,18). The fourth-order valence-corrected chi connectivity index (χ4v) is 5.47. The molecule has 6 N–H and O–H groups in total. The van der Waals surface area contributed by atoms with Crippen molar-refractivity contribution >= 4 is 46.0 Å². The molecule has 0 atom stereocenters. The van der Waals surface area contributed by atoms with Gasteiger partial charge in [0.05, 0.1) is 10.6 Å². The van der Waals surface area contributed by atoms with Gasteiger partial charge in [-0.05, 0) is 12.1 Å². The van der Waals surface area contributed by atoms with Crippen molar-refractivity contribution in [3.05, 3.63) is 12.1 Å². The molecule has 16 heteroatoms. The van der Waals surface area contributed by atoms with Crippen LogP contribution in [0.1, 0.15) is 0 Å². The molecular formula is C6H8O12P2S2. The van der Waals surface area contributed by atoms with E-state index < -0.39 is 55.8 Å². The third-order valence-electron chi connectivity index (χ3n) is 2.22. The van der Waals surface area contributed by atoms with Gasteiger partial charge in [-0.15, -0.1) is 0 Å². The molecule has 0 saturated heterocycles. The average Bonchev–Trinajstić information content (AvgIpc) is 2.22. The van der Waals surface area contributed by atoms with Gasteiger partial charge in [-0.2, -0.15) is 16.8 Å². The molecular weight excluding hydrogens is 390 g/mol. The van der Waals surface area contributed by atoms with Crippen molar-refractivity contribution in [2.45, 2.75) is 9.79 Å². The van der Waals surface area contributed by atoms with Crippen LogP contribution < -0.4 is 10.6 Å². The zero-order chi connectivity index (χ0) is 17.7. The Kier molecular flexibility index (Phi) is 4.81. The van der Waals surface area contributed by atoms with Crippen LogP contribution in [0.4, 0.5) is 0 Å². The summed E-state index contributed by atoms with van der Waals surface area (Å²) in [6.07, 6.45) is 0. The van der Waals surface area contributed by atoms with E-state index in [1.165, 1.54) is 0 Å². The Morgan fingerprint density at radius 3 is 1.14 bits per heavy atom. The van der Waals surface area contributed by atoms with E-state index >= 15 is 0 Å². The minimum Gasteiger partial charge on any atom is -0.321 e. The highest BCUT2D eigenvalue weighted by atomic mass is 32.2. The highest BCUT2D eigenvalue weighted by molar-refractivity contribution is 7.87. The van der Waals surface area contributed by atoms with Crippen molar-refractivity contribution in [1.29, 1.82) is 0 Å². The molecule has 0 fully saturated rings. The summed E-state index contributed by atoms with van der Waals surface area (Å²) >= 11 is 0. The summed E-state index contributed by atoms with van der Waals surface area (Å²) in [6, 6.07) is -0.263. The number of hydrogen-bond donors (Lipinski definition) is 6. The minimum atomic E-state index is -5.48. The van der Waals surface area contributed by atoms with Gasteiger partial charge < -0.3 is 19.6 Å². The van der Waals surface area contributed by atoms with Crippen molar-refractivity contribution < 1.29 is 54.6 Å². The van der Waals surface area contributed by atoms with Crippen molar-refractivity contribution in [2.75, 3.05) is 0 Å². The molecule has 0 aliphatic heterocycles. The van der Waals surface area contributed by atoms with Crippen LogP contribution in [0.3, 0.4) is 0 Å². The van der Waals surface area contributed by atoms with Crippen molar-refractivity contribution in [3.8, 4) is 0 Å². The van der Waals surface area contributed by atoms with Gasteiger partial charge in [0.25, 0.3) is 20.2 Å². The quantitative estimate of drug-likeness (QED) is 0.234. The van der Waals surface area contributed by atoms with E-state index in [9.17, 15) is 26.0 Å². The predicted molar refractivity (Wildman–Crippen MR) is 69.4 cm³/mol. The van der Waals surface area contributed by atoms with Crippen LogP contribution >= 0.6 is 15.2 Å². The van der Waals surface area contributed by atoms with E-state index in [1.807, 2.05) is 0 Å². The van der Waals surface area contributed by atoms with Crippen molar-refractivity contribution in [2.24, 2.45) is 0 Å². The molecule has 0 unspecified atom stereocenters. The van der Waals surface area contributed by atoms with Crippen LogP contribution in [0.15, 0.2) is 21.9 Å². The molecule has 22 heavy (non-hydrogen) atoms. The van der Waals surface area contributed by atoms with E-state index in [-0.39, 0.29) is 12.1 Å². The molecule has 12 nitrogen and oxygen atoms in total. The van der Waals surface area contributed by atoms with E-state index in [0.29, 0.717) is 0 Å². The molecule has 0 saturated carbocycles. The Morgan fingerprint density at radius 1 is 0.682 bits per heavy atom. The summed E-state index contributed by atoms with van der Waals surface area (Å²) in [6.45, 7) is 0. The molecule has 0 heterocycles. The lowest BCUT2D eigenvalue weighted by Gasteiger charge is -2.15. The van der Waals surface area contributed by atoms with E-state index in [2.05, 4.69) is 0 Å². The SMILES string of the molecule is O=P(O)(O)c1cc(P(=O)(O)O)c(S(=O)(=O)O)cc1S(=O)(=O)O. The second-order valence-electron chi connectivity index (χ2n) is 3.83. The Bertz CT molecular complexity index is 843. The monoisotopic (exact) mass is 398 g/mol. The second-order valence-corrected chi connectivity index (χ2v) is 9.75. The third kappa shape index (κ3) is 4.20. The van der Waals surface area contributed by atoms with Crippen LogP contribution in [-0.4, -0.2) is 45.5 Å². The van der Waals surface area contributed by atoms with Crippen LogP contribution in [0.25, 0.3) is 0 Å². The molecule has 0 aliphatic rings. The highest BCUT2D eigenvalue weighted by Crippen LogP contribution is 2.41. The van der Waals surface area contributed by atoms with Gasteiger partial charge >= 0.3 is 15.2 Å². The second kappa shape index (κ2) is 5.46. The number of rotatable bonds is 4. The predicted octanol–water partition coefficient (Wildman–Crippen LogP) is -2.21. The Labute approximate surface area is 123 Å². The maximum Gasteiger partial charge on any atom is 0.357 e.